The highest BCUT2D eigenvalue weighted by atomic mass is 16.2. The number of piperidine rings is 2. The summed E-state index contributed by atoms with van der Waals surface area (Å²) in [6.45, 7) is 4.51. The Hall–Kier alpha value is -1.90. The van der Waals surface area contributed by atoms with Gasteiger partial charge in [0.1, 0.15) is 0 Å². The molecule has 0 aromatic heterocycles. The molecule has 5 heteroatoms. The van der Waals surface area contributed by atoms with E-state index in [2.05, 4.69) is 21.2 Å². The number of nitrogens with one attached hydrogen (secondary N) is 1. The van der Waals surface area contributed by atoms with Crippen LogP contribution in [0.2, 0.25) is 0 Å². The topological polar surface area (TPSA) is 59.4 Å². The molecule has 2 fully saturated rings. The Morgan fingerprint density at radius 1 is 1.33 bits per heavy atom. The van der Waals surface area contributed by atoms with Crippen molar-refractivity contribution in [3.05, 3.63) is 35.4 Å². The molecule has 0 saturated carbocycles. The van der Waals surface area contributed by atoms with Crippen LogP contribution < -0.4 is 5.32 Å². The summed E-state index contributed by atoms with van der Waals surface area (Å²) in [5.74, 6) is 0.873. The molecule has 2 aliphatic rings. The van der Waals surface area contributed by atoms with E-state index in [0.29, 0.717) is 24.3 Å². The largest absolute Gasteiger partial charge is 0.338 e. The van der Waals surface area contributed by atoms with Gasteiger partial charge in [0.2, 0.25) is 5.91 Å². The maximum Gasteiger partial charge on any atom is 0.222 e. The van der Waals surface area contributed by atoms with Crippen LogP contribution in [0.4, 0.5) is 0 Å². The zero-order valence-corrected chi connectivity index (χ0v) is 14.4. The van der Waals surface area contributed by atoms with Gasteiger partial charge in [0.05, 0.1) is 11.6 Å². The number of carbonyl (C=O) groups excluding carboxylic acids is 1. The van der Waals surface area contributed by atoms with Gasteiger partial charge in [-0.1, -0.05) is 18.2 Å². The highest BCUT2D eigenvalue weighted by molar-refractivity contribution is 5.77. The molecule has 128 valence electrons. The lowest BCUT2D eigenvalue weighted by molar-refractivity contribution is -0.141. The number of fused-ring (bicyclic) bond motifs is 1. The number of rotatable bonds is 5. The van der Waals surface area contributed by atoms with Gasteiger partial charge in [0.25, 0.3) is 0 Å². The van der Waals surface area contributed by atoms with Crippen LogP contribution >= 0.6 is 0 Å². The summed E-state index contributed by atoms with van der Waals surface area (Å²) in [7, 11) is 1.93. The molecule has 0 spiro atoms. The number of nitriles is 1. The van der Waals surface area contributed by atoms with Crippen molar-refractivity contribution in [1.29, 1.82) is 5.26 Å². The summed E-state index contributed by atoms with van der Waals surface area (Å²) in [6.07, 6.45) is 2.71. The molecule has 1 aromatic carbocycles. The number of likely N-dealkylation sites (N-methyl/N-ethyl adjacent to an activating group) is 1. The number of likely N-dealkylation sites (tertiary alicyclic amines) is 2. The summed E-state index contributed by atoms with van der Waals surface area (Å²) in [5, 5.41) is 12.4. The van der Waals surface area contributed by atoms with Crippen molar-refractivity contribution in [2.45, 2.75) is 31.8 Å². The van der Waals surface area contributed by atoms with Gasteiger partial charge < -0.3 is 10.2 Å². The lowest BCUT2D eigenvalue weighted by atomic mass is 9.83. The highest BCUT2D eigenvalue weighted by Gasteiger charge is 2.38. The van der Waals surface area contributed by atoms with E-state index in [4.69, 9.17) is 0 Å². The zero-order valence-electron chi connectivity index (χ0n) is 14.4. The van der Waals surface area contributed by atoms with E-state index in [1.54, 1.807) is 0 Å². The maximum atomic E-state index is 12.3. The van der Waals surface area contributed by atoms with Crippen LogP contribution in [0.3, 0.4) is 0 Å². The van der Waals surface area contributed by atoms with Crippen molar-refractivity contribution in [3.8, 4) is 6.07 Å². The Morgan fingerprint density at radius 2 is 2.17 bits per heavy atom. The normalized spacial score (nSPS) is 24.5. The monoisotopic (exact) mass is 326 g/mol. The summed E-state index contributed by atoms with van der Waals surface area (Å²) >= 11 is 0. The van der Waals surface area contributed by atoms with Crippen LogP contribution in [0, 0.1) is 17.2 Å². The second kappa shape index (κ2) is 7.78. The molecule has 2 heterocycles. The quantitative estimate of drug-likeness (QED) is 0.893. The fourth-order valence-corrected chi connectivity index (χ4v) is 4.10. The smallest absolute Gasteiger partial charge is 0.222 e. The average Bonchev–Trinajstić information content (AvgIpc) is 2.61. The Morgan fingerprint density at radius 3 is 2.96 bits per heavy atom. The lowest BCUT2D eigenvalue weighted by Gasteiger charge is -2.47. The van der Waals surface area contributed by atoms with Gasteiger partial charge >= 0.3 is 0 Å². The first-order valence-corrected chi connectivity index (χ1v) is 8.87. The molecule has 1 aromatic rings. The standard InChI is InChI=1S/C19H26N4O/c1-21-9-11-23-18-8-10-22(14-17(18)6-7-19(23)24)13-16-5-3-2-4-15(16)12-20/h2-5,17-18,21H,6-11,13-14H2,1H3/t17-,18+/m0/s1. The summed E-state index contributed by atoms with van der Waals surface area (Å²) < 4.78 is 0. The summed E-state index contributed by atoms with van der Waals surface area (Å²) in [4.78, 5) is 16.8. The maximum absolute atomic E-state index is 12.3. The van der Waals surface area contributed by atoms with E-state index in [1.165, 1.54) is 0 Å². The predicted molar refractivity (Wildman–Crippen MR) is 93.2 cm³/mol. The molecule has 24 heavy (non-hydrogen) atoms. The first-order chi connectivity index (χ1) is 11.7. The number of amides is 1. The number of nitrogens with zero attached hydrogens (tertiary/aromatic N) is 3. The molecule has 0 bridgehead atoms. The highest BCUT2D eigenvalue weighted by Crippen LogP contribution is 2.31. The minimum absolute atomic E-state index is 0.315. The molecule has 3 rings (SSSR count). The van der Waals surface area contributed by atoms with Crippen LogP contribution in [0.1, 0.15) is 30.4 Å². The number of benzene rings is 1. The van der Waals surface area contributed by atoms with Crippen LogP contribution in [0.25, 0.3) is 0 Å². The van der Waals surface area contributed by atoms with Crippen molar-refractivity contribution in [1.82, 2.24) is 15.1 Å². The number of hydrogen-bond donors (Lipinski definition) is 1. The minimum Gasteiger partial charge on any atom is -0.338 e. The number of hydrogen-bond acceptors (Lipinski definition) is 4. The number of carbonyl (C=O) groups is 1. The summed E-state index contributed by atoms with van der Waals surface area (Å²) in [5.41, 5.74) is 1.88. The SMILES string of the molecule is CNCCN1C(=O)CC[C@H]2CN(Cc3ccccc3C#N)CC[C@H]21. The minimum atomic E-state index is 0.315. The van der Waals surface area contributed by atoms with Gasteiger partial charge in [-0.05, 0) is 37.4 Å². The third-order valence-corrected chi connectivity index (χ3v) is 5.36. The molecule has 1 amide bonds. The second-order valence-electron chi connectivity index (χ2n) is 6.85. The van der Waals surface area contributed by atoms with Crippen LogP contribution in [0.15, 0.2) is 24.3 Å². The van der Waals surface area contributed by atoms with E-state index in [1.807, 2.05) is 31.3 Å². The molecule has 2 atom stereocenters. The van der Waals surface area contributed by atoms with Crippen molar-refractivity contribution >= 4 is 5.91 Å². The Bertz CT molecular complexity index is 624. The van der Waals surface area contributed by atoms with Gasteiger partial charge in [-0.2, -0.15) is 5.26 Å². The summed E-state index contributed by atoms with van der Waals surface area (Å²) in [6, 6.07) is 10.5. The van der Waals surface area contributed by atoms with Crippen molar-refractivity contribution in [3.63, 3.8) is 0 Å². The van der Waals surface area contributed by atoms with Crippen molar-refractivity contribution in [2.24, 2.45) is 5.92 Å². The van der Waals surface area contributed by atoms with Gasteiger partial charge in [-0.15, -0.1) is 0 Å². The van der Waals surface area contributed by atoms with E-state index < -0.39 is 0 Å². The first kappa shape index (κ1) is 16.9. The molecule has 0 radical (unpaired) electrons. The van der Waals surface area contributed by atoms with Crippen molar-refractivity contribution < 1.29 is 4.79 Å². The Labute approximate surface area is 144 Å². The lowest BCUT2D eigenvalue weighted by Crippen LogP contribution is -2.56. The third kappa shape index (κ3) is 3.61. The fraction of sp³-hybridized carbons (Fsp3) is 0.579. The van der Waals surface area contributed by atoms with E-state index in [9.17, 15) is 10.1 Å². The van der Waals surface area contributed by atoms with E-state index in [0.717, 1.165) is 56.7 Å². The first-order valence-electron chi connectivity index (χ1n) is 8.87. The Kier molecular flexibility index (Phi) is 5.49. The predicted octanol–water partition coefficient (Wildman–Crippen LogP) is 1.59. The third-order valence-electron chi connectivity index (χ3n) is 5.36. The van der Waals surface area contributed by atoms with Crippen LogP contribution in [-0.4, -0.2) is 55.0 Å². The van der Waals surface area contributed by atoms with Crippen molar-refractivity contribution in [2.75, 3.05) is 33.2 Å². The van der Waals surface area contributed by atoms with Gasteiger partial charge in [-0.3, -0.25) is 9.69 Å². The molecule has 0 unspecified atom stereocenters. The molecule has 2 saturated heterocycles. The van der Waals surface area contributed by atoms with Gasteiger partial charge in [0, 0.05) is 45.2 Å². The molecule has 2 aliphatic heterocycles. The zero-order chi connectivity index (χ0) is 16.9. The second-order valence-corrected chi connectivity index (χ2v) is 6.85. The molecule has 0 aliphatic carbocycles. The van der Waals surface area contributed by atoms with Gasteiger partial charge in [0.15, 0.2) is 0 Å². The van der Waals surface area contributed by atoms with Gasteiger partial charge in [-0.25, -0.2) is 0 Å². The molecular formula is C19H26N4O. The molecule has 1 N–H and O–H groups in total. The van der Waals surface area contributed by atoms with E-state index >= 15 is 0 Å². The molecular weight excluding hydrogens is 300 g/mol. The molecule has 5 nitrogen and oxygen atoms in total. The van der Waals surface area contributed by atoms with Crippen LogP contribution in [0.5, 0.6) is 0 Å². The Balaban J connectivity index is 1.64. The van der Waals surface area contributed by atoms with Crippen LogP contribution in [-0.2, 0) is 11.3 Å². The van der Waals surface area contributed by atoms with E-state index in [-0.39, 0.29) is 0 Å². The fourth-order valence-electron chi connectivity index (χ4n) is 4.10. The average molecular weight is 326 g/mol.